The zero-order chi connectivity index (χ0) is 12.4. The van der Waals surface area contributed by atoms with Crippen molar-refractivity contribution < 1.29 is 0 Å². The lowest BCUT2D eigenvalue weighted by atomic mass is 9.96. The van der Waals surface area contributed by atoms with Gasteiger partial charge in [0.15, 0.2) is 0 Å². The Morgan fingerprint density at radius 1 is 0.706 bits per heavy atom. The first-order valence-electron chi connectivity index (χ1n) is 5.35. The van der Waals surface area contributed by atoms with Crippen molar-refractivity contribution >= 4 is 17.1 Å². The minimum atomic E-state index is -0.361. The van der Waals surface area contributed by atoms with Crippen molar-refractivity contribution in [2.75, 3.05) is 17.2 Å². The molecular weight excluding hydrogens is 212 g/mol. The first-order chi connectivity index (χ1) is 8.11. The molecule has 0 bridgehead atoms. The lowest BCUT2D eigenvalue weighted by Gasteiger charge is -2.17. The van der Waals surface area contributed by atoms with Crippen LogP contribution in [0.25, 0.3) is 0 Å². The Balaban J connectivity index is 2.48. The first-order valence-corrected chi connectivity index (χ1v) is 5.35. The van der Waals surface area contributed by atoms with Crippen molar-refractivity contribution in [3.05, 3.63) is 53.6 Å². The van der Waals surface area contributed by atoms with Gasteiger partial charge in [-0.25, -0.2) is 0 Å². The largest absolute Gasteiger partial charge is 0.398 e. The van der Waals surface area contributed by atoms with Crippen LogP contribution in [0.3, 0.4) is 0 Å². The fourth-order valence-corrected chi connectivity index (χ4v) is 1.83. The van der Waals surface area contributed by atoms with E-state index < -0.39 is 0 Å². The molecule has 8 N–H and O–H groups in total. The minimum Gasteiger partial charge on any atom is -0.398 e. The molecule has 88 valence electrons. The summed E-state index contributed by atoms with van der Waals surface area (Å²) in [6.45, 7) is 0. The second kappa shape index (κ2) is 4.35. The molecule has 0 fully saturated rings. The summed E-state index contributed by atoms with van der Waals surface area (Å²) in [4.78, 5) is 0. The van der Waals surface area contributed by atoms with E-state index in [0.717, 1.165) is 11.1 Å². The summed E-state index contributed by atoms with van der Waals surface area (Å²) in [7, 11) is 0. The molecule has 2 rings (SSSR count). The summed E-state index contributed by atoms with van der Waals surface area (Å²) in [5.74, 6) is 0. The number of hydrogen-bond acceptors (Lipinski definition) is 4. The molecular formula is C13H16N4. The van der Waals surface area contributed by atoms with Gasteiger partial charge in [0.1, 0.15) is 0 Å². The predicted molar refractivity (Wildman–Crippen MR) is 72.2 cm³/mol. The summed E-state index contributed by atoms with van der Waals surface area (Å²) < 4.78 is 0. The summed E-state index contributed by atoms with van der Waals surface area (Å²) >= 11 is 0. The zero-order valence-corrected chi connectivity index (χ0v) is 9.43. The summed E-state index contributed by atoms with van der Waals surface area (Å²) in [5, 5.41) is 0. The van der Waals surface area contributed by atoms with Crippen LogP contribution < -0.4 is 22.9 Å². The SMILES string of the molecule is Nc1ccccc1C(N)c1cccc(N)c1N. The molecule has 4 heteroatoms. The Kier molecular flexibility index (Phi) is 2.89. The highest BCUT2D eigenvalue weighted by atomic mass is 14.7. The molecule has 2 aromatic carbocycles. The van der Waals surface area contributed by atoms with Crippen LogP contribution in [0.4, 0.5) is 17.1 Å². The smallest absolute Gasteiger partial charge is 0.0599 e. The maximum absolute atomic E-state index is 6.17. The molecule has 0 radical (unpaired) electrons. The number of nitrogens with two attached hydrogens (primary N) is 4. The molecule has 0 aliphatic rings. The molecule has 0 amide bonds. The Morgan fingerprint density at radius 2 is 1.29 bits per heavy atom. The van der Waals surface area contributed by atoms with E-state index in [-0.39, 0.29) is 6.04 Å². The van der Waals surface area contributed by atoms with Crippen molar-refractivity contribution in [3.8, 4) is 0 Å². The van der Waals surface area contributed by atoms with Crippen LogP contribution in [0, 0.1) is 0 Å². The van der Waals surface area contributed by atoms with Crippen LogP contribution in [0.2, 0.25) is 0 Å². The van der Waals surface area contributed by atoms with E-state index in [1.54, 1.807) is 6.07 Å². The monoisotopic (exact) mass is 228 g/mol. The fourth-order valence-electron chi connectivity index (χ4n) is 1.83. The number of nitrogen functional groups attached to an aromatic ring is 3. The lowest BCUT2D eigenvalue weighted by molar-refractivity contribution is 0.878. The molecule has 0 saturated heterocycles. The third-order valence-electron chi connectivity index (χ3n) is 2.84. The molecule has 1 unspecified atom stereocenters. The van der Waals surface area contributed by atoms with Gasteiger partial charge in [0.2, 0.25) is 0 Å². The van der Waals surface area contributed by atoms with Gasteiger partial charge in [-0.3, -0.25) is 0 Å². The summed E-state index contributed by atoms with van der Waals surface area (Å²) in [6.07, 6.45) is 0. The van der Waals surface area contributed by atoms with Crippen LogP contribution in [-0.2, 0) is 0 Å². The zero-order valence-electron chi connectivity index (χ0n) is 9.43. The van der Waals surface area contributed by atoms with Gasteiger partial charge in [-0.1, -0.05) is 30.3 Å². The van der Waals surface area contributed by atoms with Crippen LogP contribution in [0.5, 0.6) is 0 Å². The molecule has 1 atom stereocenters. The molecule has 0 aromatic heterocycles. The van der Waals surface area contributed by atoms with Gasteiger partial charge in [0.25, 0.3) is 0 Å². The Bertz CT molecular complexity index is 537. The maximum atomic E-state index is 6.17. The van der Waals surface area contributed by atoms with Crippen molar-refractivity contribution in [1.29, 1.82) is 0 Å². The molecule has 0 aliphatic heterocycles. The van der Waals surface area contributed by atoms with E-state index in [9.17, 15) is 0 Å². The number of para-hydroxylation sites is 2. The van der Waals surface area contributed by atoms with E-state index >= 15 is 0 Å². The molecule has 4 nitrogen and oxygen atoms in total. The van der Waals surface area contributed by atoms with Gasteiger partial charge in [0.05, 0.1) is 17.4 Å². The molecule has 0 heterocycles. The van der Waals surface area contributed by atoms with E-state index in [1.165, 1.54) is 0 Å². The van der Waals surface area contributed by atoms with Crippen molar-refractivity contribution in [2.24, 2.45) is 5.73 Å². The number of benzene rings is 2. The normalized spacial score (nSPS) is 12.3. The van der Waals surface area contributed by atoms with Crippen LogP contribution in [0.1, 0.15) is 17.2 Å². The van der Waals surface area contributed by atoms with Gasteiger partial charge >= 0.3 is 0 Å². The summed E-state index contributed by atoms with van der Waals surface area (Å²) in [5.41, 5.74) is 27.1. The standard InChI is InChI=1S/C13H16N4/c14-10-6-2-1-4-8(10)12(16)9-5-3-7-11(15)13(9)17/h1-7,12H,14-17H2. The Labute approximate surface area is 100 Å². The number of rotatable bonds is 2. The topological polar surface area (TPSA) is 104 Å². The molecule has 0 saturated carbocycles. The highest BCUT2D eigenvalue weighted by Crippen LogP contribution is 2.30. The van der Waals surface area contributed by atoms with Gasteiger partial charge in [-0.2, -0.15) is 0 Å². The van der Waals surface area contributed by atoms with Crippen LogP contribution >= 0.6 is 0 Å². The highest BCUT2D eigenvalue weighted by Gasteiger charge is 2.15. The van der Waals surface area contributed by atoms with Gasteiger partial charge in [-0.05, 0) is 23.3 Å². The van der Waals surface area contributed by atoms with Gasteiger partial charge < -0.3 is 22.9 Å². The van der Waals surface area contributed by atoms with Gasteiger partial charge in [-0.15, -0.1) is 0 Å². The number of anilines is 3. The third kappa shape index (κ3) is 2.03. The van der Waals surface area contributed by atoms with E-state index in [1.807, 2.05) is 36.4 Å². The molecule has 2 aromatic rings. The average Bonchev–Trinajstić information content (AvgIpc) is 2.32. The fraction of sp³-hybridized carbons (Fsp3) is 0.0769. The second-order valence-electron chi connectivity index (χ2n) is 3.96. The van der Waals surface area contributed by atoms with Crippen molar-refractivity contribution in [1.82, 2.24) is 0 Å². The van der Waals surface area contributed by atoms with Crippen molar-refractivity contribution in [2.45, 2.75) is 6.04 Å². The predicted octanol–water partition coefficient (Wildman–Crippen LogP) is 1.48. The second-order valence-corrected chi connectivity index (χ2v) is 3.96. The molecule has 0 aliphatic carbocycles. The minimum absolute atomic E-state index is 0.361. The van der Waals surface area contributed by atoms with Crippen LogP contribution in [-0.4, -0.2) is 0 Å². The van der Waals surface area contributed by atoms with Crippen molar-refractivity contribution in [3.63, 3.8) is 0 Å². The summed E-state index contributed by atoms with van der Waals surface area (Å²) in [6, 6.07) is 12.6. The highest BCUT2D eigenvalue weighted by molar-refractivity contribution is 5.69. The van der Waals surface area contributed by atoms with E-state index in [2.05, 4.69) is 0 Å². The Morgan fingerprint density at radius 3 is 2.00 bits per heavy atom. The first kappa shape index (κ1) is 11.3. The lowest BCUT2D eigenvalue weighted by Crippen LogP contribution is -2.16. The quantitative estimate of drug-likeness (QED) is 0.584. The third-order valence-corrected chi connectivity index (χ3v) is 2.84. The van der Waals surface area contributed by atoms with E-state index in [0.29, 0.717) is 17.1 Å². The van der Waals surface area contributed by atoms with Crippen LogP contribution in [0.15, 0.2) is 42.5 Å². The van der Waals surface area contributed by atoms with Gasteiger partial charge in [0, 0.05) is 5.69 Å². The average molecular weight is 228 g/mol. The van der Waals surface area contributed by atoms with E-state index in [4.69, 9.17) is 22.9 Å². The number of hydrogen-bond donors (Lipinski definition) is 4. The Hall–Kier alpha value is -2.20. The maximum Gasteiger partial charge on any atom is 0.0599 e. The molecule has 0 spiro atoms. The molecule has 17 heavy (non-hydrogen) atoms.